The van der Waals surface area contributed by atoms with E-state index in [-0.39, 0.29) is 5.92 Å². The second kappa shape index (κ2) is 8.53. The summed E-state index contributed by atoms with van der Waals surface area (Å²) in [4.78, 5) is 10.7. The lowest BCUT2D eigenvalue weighted by atomic mass is 10.0. The van der Waals surface area contributed by atoms with Crippen LogP contribution in [-0.2, 0) is 11.3 Å². The highest BCUT2D eigenvalue weighted by molar-refractivity contribution is 14.1. The third-order valence-corrected chi connectivity index (χ3v) is 3.98. The molecule has 0 bridgehead atoms. The predicted octanol–water partition coefficient (Wildman–Crippen LogP) is 3.66. The first-order valence-electron chi connectivity index (χ1n) is 6.69. The molecule has 1 rings (SSSR count). The summed E-state index contributed by atoms with van der Waals surface area (Å²) in [6, 6.07) is 8.90. The molecule has 0 fully saturated rings. The quantitative estimate of drug-likeness (QED) is 0.682. The van der Waals surface area contributed by atoms with E-state index in [1.807, 2.05) is 0 Å². The molecule has 19 heavy (non-hydrogen) atoms. The predicted molar refractivity (Wildman–Crippen MR) is 86.1 cm³/mol. The van der Waals surface area contributed by atoms with Gasteiger partial charge in [-0.1, -0.05) is 25.5 Å². The molecule has 0 saturated carbocycles. The molecular weight excluding hydrogens is 353 g/mol. The molecule has 0 aliphatic carbocycles. The van der Waals surface area contributed by atoms with Crippen molar-refractivity contribution in [3.8, 4) is 0 Å². The molecule has 4 heteroatoms. The van der Waals surface area contributed by atoms with Crippen LogP contribution in [0.25, 0.3) is 0 Å². The molecule has 2 unspecified atom stereocenters. The maximum Gasteiger partial charge on any atom is 0.306 e. The lowest BCUT2D eigenvalue weighted by Gasteiger charge is -2.14. The Morgan fingerprint density at radius 2 is 1.89 bits per heavy atom. The molecule has 2 atom stereocenters. The lowest BCUT2D eigenvalue weighted by molar-refractivity contribution is -0.141. The molecule has 0 amide bonds. The number of carboxylic acid groups (broad SMARTS) is 1. The van der Waals surface area contributed by atoms with Crippen LogP contribution in [-0.4, -0.2) is 17.1 Å². The van der Waals surface area contributed by atoms with Crippen LogP contribution in [0.15, 0.2) is 24.3 Å². The Morgan fingerprint density at radius 3 is 2.47 bits per heavy atom. The highest BCUT2D eigenvalue weighted by atomic mass is 127. The van der Waals surface area contributed by atoms with Gasteiger partial charge in [-0.3, -0.25) is 4.79 Å². The fourth-order valence-corrected chi connectivity index (χ4v) is 2.21. The van der Waals surface area contributed by atoms with Gasteiger partial charge in [0, 0.05) is 16.2 Å². The smallest absolute Gasteiger partial charge is 0.306 e. The summed E-state index contributed by atoms with van der Waals surface area (Å²) in [7, 11) is 0. The van der Waals surface area contributed by atoms with Gasteiger partial charge in [-0.2, -0.15) is 0 Å². The second-order valence-electron chi connectivity index (χ2n) is 5.08. The van der Waals surface area contributed by atoms with Crippen molar-refractivity contribution in [3.05, 3.63) is 33.4 Å². The fraction of sp³-hybridized carbons (Fsp3) is 0.533. The Morgan fingerprint density at radius 1 is 1.26 bits per heavy atom. The number of nitrogens with one attached hydrogen (secondary N) is 1. The van der Waals surface area contributed by atoms with Gasteiger partial charge in [0.15, 0.2) is 0 Å². The number of halogens is 1. The van der Waals surface area contributed by atoms with Crippen LogP contribution in [0, 0.1) is 9.49 Å². The van der Waals surface area contributed by atoms with Crippen molar-refractivity contribution >= 4 is 28.6 Å². The first kappa shape index (κ1) is 16.4. The van der Waals surface area contributed by atoms with Gasteiger partial charge in [0.05, 0.1) is 5.92 Å². The zero-order valence-electron chi connectivity index (χ0n) is 11.5. The van der Waals surface area contributed by atoms with Crippen molar-refractivity contribution in [3.63, 3.8) is 0 Å². The average Bonchev–Trinajstić information content (AvgIpc) is 2.37. The minimum Gasteiger partial charge on any atom is -0.481 e. The monoisotopic (exact) mass is 375 g/mol. The van der Waals surface area contributed by atoms with Gasteiger partial charge in [-0.15, -0.1) is 0 Å². The number of rotatable bonds is 8. The van der Waals surface area contributed by atoms with E-state index < -0.39 is 5.97 Å². The molecule has 1 aromatic carbocycles. The zero-order chi connectivity index (χ0) is 14.3. The third kappa shape index (κ3) is 6.92. The van der Waals surface area contributed by atoms with Gasteiger partial charge < -0.3 is 10.4 Å². The van der Waals surface area contributed by atoms with E-state index in [9.17, 15) is 4.79 Å². The Balaban J connectivity index is 2.19. The standard InChI is InChI=1S/C15H22INO2/c1-11(15(18)19)4-3-5-12(2)17-10-13-6-8-14(16)9-7-13/h6-9,11-12,17H,3-5,10H2,1-2H3,(H,18,19). The van der Waals surface area contributed by atoms with Crippen molar-refractivity contribution in [2.24, 2.45) is 5.92 Å². The van der Waals surface area contributed by atoms with Crippen LogP contribution in [0.2, 0.25) is 0 Å². The average molecular weight is 375 g/mol. The van der Waals surface area contributed by atoms with Crippen LogP contribution in [0.4, 0.5) is 0 Å². The molecule has 0 radical (unpaired) electrons. The van der Waals surface area contributed by atoms with E-state index >= 15 is 0 Å². The second-order valence-corrected chi connectivity index (χ2v) is 6.32. The van der Waals surface area contributed by atoms with Crippen LogP contribution in [0.1, 0.15) is 38.7 Å². The first-order chi connectivity index (χ1) is 8.99. The van der Waals surface area contributed by atoms with Crippen molar-refractivity contribution in [1.29, 1.82) is 0 Å². The Labute approximate surface area is 128 Å². The summed E-state index contributed by atoms with van der Waals surface area (Å²) in [5.74, 6) is -0.928. The topological polar surface area (TPSA) is 49.3 Å². The number of benzene rings is 1. The van der Waals surface area contributed by atoms with Crippen LogP contribution in [0.5, 0.6) is 0 Å². The summed E-state index contributed by atoms with van der Waals surface area (Å²) >= 11 is 2.30. The van der Waals surface area contributed by atoms with E-state index in [4.69, 9.17) is 5.11 Å². The van der Waals surface area contributed by atoms with E-state index in [2.05, 4.69) is 59.1 Å². The summed E-state index contributed by atoms with van der Waals surface area (Å²) in [6.07, 6.45) is 2.72. The van der Waals surface area contributed by atoms with Crippen LogP contribution < -0.4 is 5.32 Å². The fourth-order valence-electron chi connectivity index (χ4n) is 1.85. The molecule has 0 aliphatic rings. The maximum atomic E-state index is 10.7. The van der Waals surface area contributed by atoms with Crippen LogP contribution in [0.3, 0.4) is 0 Å². The molecule has 1 aromatic rings. The Kier molecular flexibility index (Phi) is 7.38. The van der Waals surface area contributed by atoms with Gasteiger partial charge >= 0.3 is 5.97 Å². The summed E-state index contributed by atoms with van der Waals surface area (Å²) in [5.41, 5.74) is 1.28. The van der Waals surface area contributed by atoms with E-state index in [1.165, 1.54) is 9.13 Å². The molecule has 0 aromatic heterocycles. The number of carbonyl (C=O) groups is 1. The van der Waals surface area contributed by atoms with E-state index in [0.717, 1.165) is 25.8 Å². The summed E-state index contributed by atoms with van der Waals surface area (Å²) < 4.78 is 1.25. The number of carboxylic acids is 1. The first-order valence-corrected chi connectivity index (χ1v) is 7.77. The zero-order valence-corrected chi connectivity index (χ0v) is 13.7. The maximum absolute atomic E-state index is 10.7. The molecule has 0 spiro atoms. The summed E-state index contributed by atoms with van der Waals surface area (Å²) in [6.45, 7) is 4.79. The van der Waals surface area contributed by atoms with E-state index in [0.29, 0.717) is 6.04 Å². The molecule has 2 N–H and O–H groups in total. The lowest BCUT2D eigenvalue weighted by Crippen LogP contribution is -2.25. The molecule has 0 aliphatic heterocycles. The Bertz CT molecular complexity index is 392. The highest BCUT2D eigenvalue weighted by Crippen LogP contribution is 2.11. The summed E-state index contributed by atoms with van der Waals surface area (Å²) in [5, 5.41) is 12.3. The van der Waals surface area contributed by atoms with Gasteiger partial charge in [-0.25, -0.2) is 0 Å². The minimum absolute atomic E-state index is 0.233. The van der Waals surface area contributed by atoms with Gasteiger partial charge in [0.25, 0.3) is 0 Å². The minimum atomic E-state index is -0.695. The Hall–Kier alpha value is -0.620. The van der Waals surface area contributed by atoms with Gasteiger partial charge in [0.1, 0.15) is 0 Å². The van der Waals surface area contributed by atoms with E-state index in [1.54, 1.807) is 6.92 Å². The van der Waals surface area contributed by atoms with Crippen molar-refractivity contribution in [2.75, 3.05) is 0 Å². The number of aliphatic carboxylic acids is 1. The molecule has 0 saturated heterocycles. The normalized spacial score (nSPS) is 14.1. The molecular formula is C15H22INO2. The molecule has 3 nitrogen and oxygen atoms in total. The third-order valence-electron chi connectivity index (χ3n) is 3.26. The molecule has 106 valence electrons. The SMILES string of the molecule is CC(CCCC(C)C(=O)O)NCc1ccc(I)cc1. The largest absolute Gasteiger partial charge is 0.481 e. The van der Waals surface area contributed by atoms with Gasteiger partial charge in [-0.05, 0) is 60.1 Å². The highest BCUT2D eigenvalue weighted by Gasteiger charge is 2.11. The number of hydrogen-bond acceptors (Lipinski definition) is 2. The molecule has 0 heterocycles. The van der Waals surface area contributed by atoms with Crippen molar-refractivity contribution in [1.82, 2.24) is 5.32 Å². The van der Waals surface area contributed by atoms with Gasteiger partial charge in [0.2, 0.25) is 0 Å². The number of hydrogen-bond donors (Lipinski definition) is 2. The van der Waals surface area contributed by atoms with Crippen molar-refractivity contribution in [2.45, 2.75) is 45.7 Å². The van der Waals surface area contributed by atoms with Crippen LogP contribution >= 0.6 is 22.6 Å². The van der Waals surface area contributed by atoms with Crippen molar-refractivity contribution < 1.29 is 9.90 Å².